The summed E-state index contributed by atoms with van der Waals surface area (Å²) in [5.74, 6) is 0. The smallest absolute Gasteiger partial charge is 0.149 e. The van der Waals surface area contributed by atoms with E-state index in [0.29, 0.717) is 13.0 Å². The van der Waals surface area contributed by atoms with Crippen molar-refractivity contribution in [3.05, 3.63) is 35.4 Å². The molecule has 1 saturated heterocycles. The molecule has 82 valence electrons. The number of halogens is 1. The van der Waals surface area contributed by atoms with Crippen molar-refractivity contribution < 1.29 is 4.39 Å². The van der Waals surface area contributed by atoms with Gasteiger partial charge in [-0.25, -0.2) is 4.39 Å². The topological polar surface area (TPSA) is 12.0 Å². The second kappa shape index (κ2) is 4.31. The van der Waals surface area contributed by atoms with Crippen molar-refractivity contribution in [2.75, 3.05) is 13.1 Å². The van der Waals surface area contributed by atoms with Gasteiger partial charge < -0.3 is 5.32 Å². The maximum Gasteiger partial charge on any atom is 0.149 e. The predicted molar refractivity (Wildman–Crippen MR) is 60.7 cm³/mol. The SMILES string of the molecule is CCCc1cccc(C2(F)CCNC2)c1. The van der Waals surface area contributed by atoms with Crippen molar-refractivity contribution in [2.24, 2.45) is 0 Å². The van der Waals surface area contributed by atoms with Gasteiger partial charge in [0.15, 0.2) is 0 Å². The minimum Gasteiger partial charge on any atom is -0.313 e. The first kappa shape index (κ1) is 10.6. The number of aryl methyl sites for hydroxylation is 1. The molecular formula is C13H18FN. The first-order chi connectivity index (χ1) is 7.24. The Hall–Kier alpha value is -0.890. The third kappa shape index (κ3) is 2.20. The molecule has 0 amide bonds. The van der Waals surface area contributed by atoms with Gasteiger partial charge in [-0.1, -0.05) is 37.6 Å². The number of nitrogens with one attached hydrogen (secondary N) is 1. The Labute approximate surface area is 90.7 Å². The van der Waals surface area contributed by atoms with Crippen molar-refractivity contribution in [3.8, 4) is 0 Å². The summed E-state index contributed by atoms with van der Waals surface area (Å²) in [6.07, 6.45) is 2.75. The zero-order valence-electron chi connectivity index (χ0n) is 9.22. The molecule has 2 heteroatoms. The lowest BCUT2D eigenvalue weighted by Crippen LogP contribution is -2.23. The molecule has 1 fully saturated rings. The summed E-state index contributed by atoms with van der Waals surface area (Å²) in [6.45, 7) is 3.39. The minimum atomic E-state index is -1.14. The molecule has 2 rings (SSSR count). The Morgan fingerprint density at radius 1 is 1.47 bits per heavy atom. The molecule has 0 aliphatic carbocycles. The van der Waals surface area contributed by atoms with E-state index in [2.05, 4.69) is 18.3 Å². The van der Waals surface area contributed by atoms with Gasteiger partial charge in [-0.2, -0.15) is 0 Å². The van der Waals surface area contributed by atoms with E-state index in [0.717, 1.165) is 24.9 Å². The van der Waals surface area contributed by atoms with E-state index in [-0.39, 0.29) is 0 Å². The number of alkyl halides is 1. The largest absolute Gasteiger partial charge is 0.313 e. The maximum atomic E-state index is 14.4. The first-order valence-electron chi connectivity index (χ1n) is 5.74. The molecule has 15 heavy (non-hydrogen) atoms. The average molecular weight is 207 g/mol. The molecule has 1 N–H and O–H groups in total. The third-order valence-electron chi connectivity index (χ3n) is 3.09. The van der Waals surface area contributed by atoms with Gasteiger partial charge in [0.05, 0.1) is 0 Å². The van der Waals surface area contributed by atoms with Crippen LogP contribution in [-0.4, -0.2) is 13.1 Å². The highest BCUT2D eigenvalue weighted by Crippen LogP contribution is 2.32. The number of hydrogen-bond donors (Lipinski definition) is 1. The molecule has 1 aromatic rings. The molecule has 1 nitrogen and oxygen atoms in total. The summed E-state index contributed by atoms with van der Waals surface area (Å²) in [6, 6.07) is 7.99. The van der Waals surface area contributed by atoms with Crippen LogP contribution in [0.3, 0.4) is 0 Å². The van der Waals surface area contributed by atoms with Crippen molar-refractivity contribution in [1.29, 1.82) is 0 Å². The van der Waals surface area contributed by atoms with Crippen LogP contribution >= 0.6 is 0 Å². The fourth-order valence-corrected chi connectivity index (χ4v) is 2.20. The van der Waals surface area contributed by atoms with Crippen LogP contribution in [-0.2, 0) is 12.1 Å². The van der Waals surface area contributed by atoms with Crippen LogP contribution in [0, 0.1) is 0 Å². The number of benzene rings is 1. The number of rotatable bonds is 3. The predicted octanol–water partition coefficient (Wildman–Crippen LogP) is 2.80. The fourth-order valence-electron chi connectivity index (χ4n) is 2.20. The summed E-state index contributed by atoms with van der Waals surface area (Å²) < 4.78 is 14.4. The Bertz CT molecular complexity index is 329. The fraction of sp³-hybridized carbons (Fsp3) is 0.538. The van der Waals surface area contributed by atoms with E-state index in [1.165, 1.54) is 5.56 Å². The quantitative estimate of drug-likeness (QED) is 0.803. The van der Waals surface area contributed by atoms with Gasteiger partial charge >= 0.3 is 0 Å². The maximum absolute atomic E-state index is 14.4. The molecule has 1 aliphatic heterocycles. The molecule has 0 spiro atoms. The van der Waals surface area contributed by atoms with Gasteiger partial charge in [-0.05, 0) is 30.5 Å². The van der Waals surface area contributed by atoms with Crippen LogP contribution in [0.15, 0.2) is 24.3 Å². The van der Waals surface area contributed by atoms with Gasteiger partial charge in [-0.3, -0.25) is 0 Å². The van der Waals surface area contributed by atoms with Gasteiger partial charge in [0, 0.05) is 6.54 Å². The Morgan fingerprint density at radius 3 is 3.00 bits per heavy atom. The van der Waals surface area contributed by atoms with Crippen LogP contribution in [0.1, 0.15) is 30.9 Å². The van der Waals surface area contributed by atoms with E-state index in [1.54, 1.807) is 0 Å². The van der Waals surface area contributed by atoms with Crippen LogP contribution in [0.2, 0.25) is 0 Å². The van der Waals surface area contributed by atoms with E-state index in [9.17, 15) is 4.39 Å². The van der Waals surface area contributed by atoms with E-state index < -0.39 is 5.67 Å². The van der Waals surface area contributed by atoms with Crippen LogP contribution < -0.4 is 5.32 Å². The van der Waals surface area contributed by atoms with Crippen LogP contribution in [0.25, 0.3) is 0 Å². The lowest BCUT2D eigenvalue weighted by Gasteiger charge is -2.19. The minimum absolute atomic E-state index is 0.461. The highest BCUT2D eigenvalue weighted by molar-refractivity contribution is 5.29. The molecule has 1 atom stereocenters. The number of hydrogen-bond acceptors (Lipinski definition) is 1. The monoisotopic (exact) mass is 207 g/mol. The molecule has 0 aromatic heterocycles. The summed E-state index contributed by atoms with van der Waals surface area (Å²) >= 11 is 0. The molecule has 0 saturated carbocycles. The highest BCUT2D eigenvalue weighted by atomic mass is 19.1. The zero-order chi connectivity index (χ0) is 10.7. The van der Waals surface area contributed by atoms with Gasteiger partial charge in [0.2, 0.25) is 0 Å². The summed E-state index contributed by atoms with van der Waals surface area (Å²) in [5.41, 5.74) is 0.960. The lowest BCUT2D eigenvalue weighted by molar-refractivity contribution is 0.193. The lowest BCUT2D eigenvalue weighted by atomic mass is 9.93. The summed E-state index contributed by atoms with van der Waals surface area (Å²) in [7, 11) is 0. The van der Waals surface area contributed by atoms with Crippen molar-refractivity contribution in [2.45, 2.75) is 31.9 Å². The molecule has 1 unspecified atom stereocenters. The summed E-state index contributed by atoms with van der Waals surface area (Å²) in [5, 5.41) is 3.09. The normalized spacial score (nSPS) is 25.7. The van der Waals surface area contributed by atoms with Gasteiger partial charge in [-0.15, -0.1) is 0 Å². The van der Waals surface area contributed by atoms with Crippen molar-refractivity contribution >= 4 is 0 Å². The second-order valence-corrected chi connectivity index (χ2v) is 4.34. The summed E-state index contributed by atoms with van der Waals surface area (Å²) in [4.78, 5) is 0. The van der Waals surface area contributed by atoms with Crippen LogP contribution in [0.5, 0.6) is 0 Å². The zero-order valence-corrected chi connectivity index (χ0v) is 9.22. The van der Waals surface area contributed by atoms with Crippen LogP contribution in [0.4, 0.5) is 4.39 Å². The highest BCUT2D eigenvalue weighted by Gasteiger charge is 2.35. The average Bonchev–Trinajstić information content (AvgIpc) is 2.68. The third-order valence-corrected chi connectivity index (χ3v) is 3.09. The molecule has 0 bridgehead atoms. The van der Waals surface area contributed by atoms with E-state index in [1.807, 2.05) is 18.2 Å². The molecule has 1 aliphatic rings. The van der Waals surface area contributed by atoms with Gasteiger partial charge in [0.25, 0.3) is 0 Å². The van der Waals surface area contributed by atoms with Crippen molar-refractivity contribution in [3.63, 3.8) is 0 Å². The van der Waals surface area contributed by atoms with E-state index >= 15 is 0 Å². The molecule has 0 radical (unpaired) electrons. The second-order valence-electron chi connectivity index (χ2n) is 4.34. The standard InChI is InChI=1S/C13H18FN/c1-2-4-11-5-3-6-12(9-11)13(14)7-8-15-10-13/h3,5-6,9,15H,2,4,7-8,10H2,1H3. The Morgan fingerprint density at radius 2 is 2.33 bits per heavy atom. The Kier molecular flexibility index (Phi) is 3.06. The molecule has 1 heterocycles. The first-order valence-corrected chi connectivity index (χ1v) is 5.74. The molecule has 1 aromatic carbocycles. The van der Waals surface area contributed by atoms with Gasteiger partial charge in [0.1, 0.15) is 5.67 Å². The van der Waals surface area contributed by atoms with Crippen molar-refractivity contribution in [1.82, 2.24) is 5.32 Å². The van der Waals surface area contributed by atoms with E-state index in [4.69, 9.17) is 0 Å². The molecular weight excluding hydrogens is 189 g/mol. The Balaban J connectivity index is 2.23.